The molecular weight excluding hydrogens is 1940 g/mol. The number of nitrogens with one attached hydrogen (secondary N) is 4. The van der Waals surface area contributed by atoms with Crippen molar-refractivity contribution in [1.82, 2.24) is 89.3 Å². The average molecular weight is 2030 g/mol. The number of piperidine rings is 3. The van der Waals surface area contributed by atoms with E-state index < -0.39 is 24.2 Å². The second-order valence-electron chi connectivity index (χ2n) is 29.4. The van der Waals surface area contributed by atoms with Crippen LogP contribution >= 0.6 is 73.7 Å². The SMILES string of the molecule is C.CC(=O)c1nn(CC(=O)N2[C@@H]3C[C@@H]3C[C@H]2C(=O)Nc2cccc(Br)n2)c2ccc(-c3cnc(C)nc3)cc12.CC(=O)c1nn(CC(=O)O)c2ccc(-c3cnc(C)nc3)cc12.Cc1ncc(-c2ccc3c(c2)c([C@H](C)O)nn3CC(=O)N2[C@@H]3C[C@@H]3C[C@H]2C(=O)Nc2cccc(Br)n2)cn1.Cl.O=C(Nc1cccc(Br)n1)[C@@H]1C[C@H]2C[C@H]2N1.S.S=S.S=S=S.[B].[H-].[Na+]. The average Bonchev–Trinajstić information content (AvgIpc) is 1.57. The monoisotopic (exact) mass is 2020 g/mol. The van der Waals surface area contributed by atoms with Gasteiger partial charge in [0.2, 0.25) is 29.5 Å². The first kappa shape index (κ1) is 101. The molecule has 3 aromatic carbocycles. The standard InChI is InChI=1S/C27H26BrN7O3.C27H24BrN7O3.C16H14N4O3.C11H12BrN3O.CH4.B.ClH.Na.S3.S2.H2S.H/c2*1-14(36)26-19-8-16(18-11-29-15(2)30-12-18)6-7-20(19)34(33-26)13-25(37)35-21-9-17(21)10-22(35)27(38)32-24-5-3-4-23(28)31-24;1-9(21)16-13-5-11(12-6-17-10(2)18-7-12)3-4-14(13)20(19-16)8-15(22)23;12-9-2-1-3-10(14-9)15-11(16)8-5-6-4-7(6)13-8;;;;;1-3-2;1-2;;/h3-8,11-12,14,17,21-22,36H,9-10,13H2,1-2H3,(H,31,32,38);3-8,11-12,17,21-22H,9-10,13H2,1-2H3,(H,31,32,38);3-7H,8H2,1-2H3,(H,22,23);1-3,6-8,13H,4-5H2,(H,14,15,16);1H4;;1H;;;;1H2;/q;;;;;;;+1;;;;-1/t14-,17+,21+,22-;17-,21-,22+;;6-,7-,8+;;;;;;;;/m01.1......../s1. The van der Waals surface area contributed by atoms with Crippen LogP contribution in [-0.2, 0) is 102 Å². The van der Waals surface area contributed by atoms with Gasteiger partial charge >= 0.3 is 35.5 Å². The van der Waals surface area contributed by atoms with Gasteiger partial charge in [0, 0.05) is 164 Å². The van der Waals surface area contributed by atoms with E-state index in [1.807, 2.05) is 74.5 Å². The molecule has 3 aliphatic carbocycles. The summed E-state index contributed by atoms with van der Waals surface area (Å²) in [6.45, 7) is 9.58. The number of aromatic nitrogens is 15. The molecule has 18 rings (SSSR count). The molecule has 5 amide bonds. The number of aliphatic hydroxyl groups is 1. The number of amides is 5. The van der Waals surface area contributed by atoms with E-state index in [1.165, 1.54) is 25.0 Å². The van der Waals surface area contributed by atoms with Crippen molar-refractivity contribution in [3.8, 4) is 33.4 Å². The molecule has 3 aliphatic heterocycles. The first-order valence-electron chi connectivity index (χ1n) is 37.7. The molecule has 12 aromatic rings. The number of hydrogen-bond acceptors (Lipinski definition) is 26. The Labute approximate surface area is 805 Å². The third kappa shape index (κ3) is 24.7. The van der Waals surface area contributed by atoms with Gasteiger partial charge in [-0.05, 0) is 221 Å². The van der Waals surface area contributed by atoms with E-state index >= 15 is 0 Å². The maximum atomic E-state index is 13.6. The number of pyridine rings is 3. The van der Waals surface area contributed by atoms with E-state index in [9.17, 15) is 43.5 Å². The number of fused-ring (bicyclic) bond motifs is 6. The Bertz CT molecular complexity index is 6030. The first-order valence-corrected chi connectivity index (χ1v) is 44.1. The number of carboxylic acid groups (broad SMARTS) is 1. The topological polar surface area (TPSA) is 401 Å². The van der Waals surface area contributed by atoms with Gasteiger partial charge in [0.05, 0.1) is 34.4 Å². The van der Waals surface area contributed by atoms with Crippen LogP contribution in [0.1, 0.15) is 118 Å². The van der Waals surface area contributed by atoms with Crippen molar-refractivity contribution >= 4 is 233 Å². The van der Waals surface area contributed by atoms with Crippen molar-refractivity contribution in [1.29, 1.82) is 0 Å². The number of benzene rings is 3. The predicted octanol–water partition coefficient (Wildman–Crippen LogP) is 8.95. The van der Waals surface area contributed by atoms with Gasteiger partial charge in [0.1, 0.15) is 91.8 Å². The summed E-state index contributed by atoms with van der Waals surface area (Å²) >= 11 is 25.5. The van der Waals surface area contributed by atoms with Crippen LogP contribution < -0.4 is 50.8 Å². The molecule has 3 saturated carbocycles. The zero-order chi connectivity index (χ0) is 85.5. The van der Waals surface area contributed by atoms with E-state index in [2.05, 4.69) is 174 Å². The number of aliphatic hydroxyl groups excluding tert-OH is 1. The molecular formula is C82H84BBr3ClN21NaO10S6. The number of anilines is 3. The third-order valence-corrected chi connectivity index (χ3v) is 22.3. The van der Waals surface area contributed by atoms with Crippen LogP contribution in [0.4, 0.5) is 17.5 Å². The van der Waals surface area contributed by atoms with E-state index in [-0.39, 0.29) is 157 Å². The summed E-state index contributed by atoms with van der Waals surface area (Å²) in [6.07, 6.45) is 14.8. The summed E-state index contributed by atoms with van der Waals surface area (Å²) in [5.74, 6) is 2.63. The van der Waals surface area contributed by atoms with Gasteiger partial charge in [-0.3, -0.25) is 52.4 Å². The van der Waals surface area contributed by atoms with Gasteiger partial charge in [0.15, 0.2) is 11.6 Å². The fourth-order valence-corrected chi connectivity index (χ4v) is 16.2. The molecule has 43 heteroatoms. The number of Topliss-reactive ketones (excluding diaryl/α,β-unsaturated/α-hetero) is 2. The fourth-order valence-electron chi connectivity index (χ4n) is 15.2. The molecule has 9 aromatic heterocycles. The fraction of sp³-hybridized carbons (Fsp3) is 0.317. The van der Waals surface area contributed by atoms with Crippen molar-refractivity contribution < 1.29 is 79.6 Å². The van der Waals surface area contributed by atoms with Gasteiger partial charge in [-0.15, -0.1) is 12.4 Å². The number of halogens is 4. The second-order valence-corrected chi connectivity index (χ2v) is 33.6. The number of aliphatic carboxylic acids is 1. The van der Waals surface area contributed by atoms with Crippen molar-refractivity contribution in [3.05, 3.63) is 195 Å². The molecule has 6 fully saturated rings. The number of carbonyl (C=O) groups excluding carboxylic acids is 7. The Morgan fingerprint density at radius 1 is 0.512 bits per heavy atom. The van der Waals surface area contributed by atoms with Gasteiger partial charge < -0.3 is 42.7 Å². The summed E-state index contributed by atoms with van der Waals surface area (Å²) in [4.78, 5) is 142. The zero-order valence-corrected chi connectivity index (χ0v) is 80.1. The van der Waals surface area contributed by atoms with Crippen LogP contribution in [0.3, 0.4) is 0 Å². The summed E-state index contributed by atoms with van der Waals surface area (Å²) in [5, 5.41) is 46.5. The molecule has 6 aliphatic rings. The van der Waals surface area contributed by atoms with E-state index in [0.29, 0.717) is 108 Å². The van der Waals surface area contributed by atoms with E-state index in [4.69, 9.17) is 5.11 Å². The number of aryl methyl sites for hydroxylation is 3. The summed E-state index contributed by atoms with van der Waals surface area (Å²) in [7, 11) is 0.917. The molecule has 10 atom stereocenters. The number of carbonyl (C=O) groups is 8. The first-order chi connectivity index (χ1) is 57.6. The van der Waals surface area contributed by atoms with Crippen LogP contribution in [0, 0.1) is 38.5 Å². The minimum absolute atomic E-state index is 0. The molecule has 12 heterocycles. The number of ketones is 2. The van der Waals surface area contributed by atoms with Crippen molar-refractivity contribution in [2.45, 2.75) is 149 Å². The molecule has 6 N–H and O–H groups in total. The largest absolute Gasteiger partial charge is 1.00 e. The van der Waals surface area contributed by atoms with Crippen LogP contribution in [0.25, 0.3) is 66.1 Å². The maximum Gasteiger partial charge on any atom is 1.00 e. The minimum atomic E-state index is -1.01. The number of rotatable bonds is 18. The summed E-state index contributed by atoms with van der Waals surface area (Å²) in [5.41, 5.74) is 8.13. The molecule has 0 unspecified atom stereocenters. The molecule has 645 valence electrons. The molecule has 3 radical (unpaired) electrons. The zero-order valence-electron chi connectivity index (χ0n) is 68.4. The Kier molecular flexibility index (Phi) is 36.7. The molecule has 0 spiro atoms. The second kappa shape index (κ2) is 45.2. The number of hydrogen-bond donors (Lipinski definition) is 6. The maximum absolute atomic E-state index is 13.6. The predicted molar refractivity (Wildman–Crippen MR) is 502 cm³/mol. The Hall–Kier alpha value is -8.92. The van der Waals surface area contributed by atoms with E-state index in [1.54, 1.807) is 119 Å². The smallest absolute Gasteiger partial charge is 1.00 e. The van der Waals surface area contributed by atoms with Crippen molar-refractivity contribution in [2.75, 3.05) is 16.0 Å². The molecule has 3 saturated heterocycles. The van der Waals surface area contributed by atoms with Gasteiger partial charge in [-0.2, -0.15) is 28.8 Å². The quantitative estimate of drug-likeness (QED) is 0.0265. The van der Waals surface area contributed by atoms with E-state index in [0.717, 1.165) is 82.9 Å². The third-order valence-electron chi connectivity index (χ3n) is 21.0. The summed E-state index contributed by atoms with van der Waals surface area (Å²) in [6, 6.07) is 32.4. The van der Waals surface area contributed by atoms with Gasteiger partial charge in [0.25, 0.3) is 0 Å². The van der Waals surface area contributed by atoms with Gasteiger partial charge in [-0.1, -0.05) is 43.8 Å². The van der Waals surface area contributed by atoms with Crippen molar-refractivity contribution in [3.63, 3.8) is 0 Å². The Morgan fingerprint density at radius 2 is 0.856 bits per heavy atom. The van der Waals surface area contributed by atoms with Crippen LogP contribution in [0.15, 0.2) is 160 Å². The molecule has 125 heavy (non-hydrogen) atoms. The van der Waals surface area contributed by atoms with Crippen LogP contribution in [0.2, 0.25) is 0 Å². The Balaban J connectivity index is 0.000000232. The van der Waals surface area contributed by atoms with Crippen LogP contribution in [-0.4, -0.2) is 186 Å². The Morgan fingerprint density at radius 3 is 1.19 bits per heavy atom. The van der Waals surface area contributed by atoms with Gasteiger partial charge in [-0.25, -0.2) is 44.9 Å². The normalized spacial score (nSPS) is 18.5. The molecule has 0 bridgehead atoms. The van der Waals surface area contributed by atoms with Crippen molar-refractivity contribution in [2.24, 2.45) is 17.8 Å². The minimum Gasteiger partial charge on any atom is -1.00 e. The van der Waals surface area contributed by atoms with Crippen LogP contribution in [0.5, 0.6) is 0 Å². The number of carboxylic acids is 1. The molecule has 31 nitrogen and oxygen atoms in total. The number of nitrogens with zero attached hydrogens (tertiary/aromatic N) is 17. The number of likely N-dealkylation sites (tertiary alicyclic amines) is 2. The summed E-state index contributed by atoms with van der Waals surface area (Å²) < 4.78 is 6.47.